The van der Waals surface area contributed by atoms with E-state index in [2.05, 4.69) is 4.74 Å². The van der Waals surface area contributed by atoms with Crippen LogP contribution in [-0.2, 0) is 34.0 Å². The summed E-state index contributed by atoms with van der Waals surface area (Å²) in [5, 5.41) is -6.01. The van der Waals surface area contributed by atoms with Crippen molar-refractivity contribution < 1.29 is 45.6 Å². The number of fused-ring (bicyclic) bond motifs is 1. The Labute approximate surface area is 218 Å². The number of ether oxygens (including phenoxy) is 2. The van der Waals surface area contributed by atoms with E-state index >= 15 is 0 Å². The van der Waals surface area contributed by atoms with Gasteiger partial charge in [-0.1, -0.05) is 6.61 Å². The second-order valence-electron chi connectivity index (χ2n) is 12.1. The number of carbonyl (C=O) groups excluding carboxylic acids is 3. The molecule has 7 rings (SSSR count). The number of alkyl halides is 2. The fourth-order valence-corrected chi connectivity index (χ4v) is 10.8. The van der Waals surface area contributed by atoms with Crippen LogP contribution in [-0.4, -0.2) is 69.7 Å². The second kappa shape index (κ2) is 8.51. The van der Waals surface area contributed by atoms with E-state index in [4.69, 9.17) is 4.74 Å². The molecule has 1 amide bonds. The van der Waals surface area contributed by atoms with Gasteiger partial charge in [-0.3, -0.25) is 14.4 Å². The summed E-state index contributed by atoms with van der Waals surface area (Å²) in [5.41, 5.74) is -0.555. The van der Waals surface area contributed by atoms with Crippen molar-refractivity contribution in [2.24, 2.45) is 35.0 Å². The standard InChI is InChI=1S/C24H30F2NO8S2.Rf/c1-10(2)27-16-17(35-22(30)23-6-11-3-12(7-23)5-13(4-11)8-23)19-15(14(20(27)28)18(16)36-19)21(29)34-9-24(25,26)37(31,32)33;/h9-19H,3-8H2,1-2H3,(H,31,32,33);/q-1;/p-1. The van der Waals surface area contributed by atoms with Crippen LogP contribution in [0.3, 0.4) is 0 Å². The van der Waals surface area contributed by atoms with Gasteiger partial charge in [-0.05, 0) is 70.1 Å². The molecule has 0 radical (unpaired) electrons. The predicted octanol–water partition coefficient (Wildman–Crippen LogP) is 2.31. The van der Waals surface area contributed by atoms with Crippen molar-refractivity contribution in [1.82, 2.24) is 4.90 Å². The second-order valence-corrected chi connectivity index (χ2v) is 14.9. The third-order valence-electron chi connectivity index (χ3n) is 9.46. The number of likely N-dealkylation sites (tertiary alicyclic amines) is 1. The first kappa shape index (κ1) is 27.1. The number of carbonyl (C=O) groups is 3. The van der Waals surface area contributed by atoms with E-state index in [0.29, 0.717) is 17.8 Å². The van der Waals surface area contributed by atoms with Crippen LogP contribution in [0, 0.1) is 41.6 Å². The summed E-state index contributed by atoms with van der Waals surface area (Å²) in [6.45, 7) is 3.06. The van der Waals surface area contributed by atoms with E-state index in [0.717, 1.165) is 38.5 Å². The molecule has 3 aliphatic heterocycles. The first-order valence-corrected chi connectivity index (χ1v) is 15.1. The van der Waals surface area contributed by atoms with E-state index in [1.807, 2.05) is 13.8 Å². The molecule has 208 valence electrons. The minimum absolute atomic E-state index is 0. The van der Waals surface area contributed by atoms with Crippen LogP contribution in [0.1, 0.15) is 52.4 Å². The molecule has 0 aromatic carbocycles. The maximum absolute atomic E-state index is 13.7. The number of esters is 2. The molecular formula is C24H29F2NO8RfS2-2. The Hall–Kier alpha value is -2.47. The molecule has 3 saturated heterocycles. The van der Waals surface area contributed by atoms with Crippen LogP contribution in [0.4, 0.5) is 8.78 Å². The van der Waals surface area contributed by atoms with Gasteiger partial charge in [0, 0.05) is 11.3 Å². The molecule has 6 bridgehead atoms. The molecule has 38 heavy (non-hydrogen) atoms. The summed E-state index contributed by atoms with van der Waals surface area (Å²) in [7, 11) is -6.09. The number of hydrogen-bond donors (Lipinski definition) is 0. The van der Waals surface area contributed by atoms with Gasteiger partial charge in [-0.25, -0.2) is 17.2 Å². The van der Waals surface area contributed by atoms with Crippen molar-refractivity contribution in [2.45, 2.75) is 86.3 Å². The Bertz CT molecular complexity index is 1110. The Morgan fingerprint density at radius 3 is 2.18 bits per heavy atom. The molecule has 7 fully saturated rings. The molecule has 4 aliphatic carbocycles. The molecule has 7 aliphatic rings. The third-order valence-corrected chi connectivity index (χ3v) is 12.0. The summed E-state index contributed by atoms with van der Waals surface area (Å²) < 4.78 is 70.3. The van der Waals surface area contributed by atoms with Crippen molar-refractivity contribution in [3.63, 3.8) is 0 Å². The van der Waals surface area contributed by atoms with Crippen molar-refractivity contribution in [3.05, 3.63) is 6.61 Å². The zero-order valence-corrected chi connectivity index (χ0v) is 29.1. The molecule has 9 nitrogen and oxygen atoms in total. The van der Waals surface area contributed by atoms with Gasteiger partial charge >= 0.3 is 5.97 Å². The summed E-state index contributed by atoms with van der Waals surface area (Å²) in [4.78, 5) is 41.7. The van der Waals surface area contributed by atoms with Gasteiger partial charge in [-0.15, -0.1) is 11.8 Å². The molecular weight excluding hydrogens is 799 g/mol. The van der Waals surface area contributed by atoms with Crippen molar-refractivity contribution in [2.75, 3.05) is 0 Å². The number of rotatable bonds is 7. The molecule has 0 aromatic rings. The van der Waals surface area contributed by atoms with Crippen LogP contribution >= 0.6 is 11.8 Å². The van der Waals surface area contributed by atoms with Crippen LogP contribution < -0.4 is 0 Å². The van der Waals surface area contributed by atoms with Gasteiger partial charge in [0.1, 0.15) is 16.2 Å². The quantitative estimate of drug-likeness (QED) is 0.216. The third kappa shape index (κ3) is 3.73. The average molecular weight is 829 g/mol. The Kier molecular flexibility index (Phi) is 6.07. The topological polar surface area (TPSA) is 130 Å². The molecule has 0 spiro atoms. The monoisotopic (exact) mass is 828 g/mol. The van der Waals surface area contributed by atoms with Crippen molar-refractivity contribution in [3.8, 4) is 0 Å². The van der Waals surface area contributed by atoms with Crippen LogP contribution in [0.25, 0.3) is 0 Å². The van der Waals surface area contributed by atoms with Gasteiger partial charge in [0.15, 0.2) is 0 Å². The summed E-state index contributed by atoms with van der Waals surface area (Å²) in [6, 6.07) is -0.691. The molecule has 14 heteroatoms. The first-order valence-electron chi connectivity index (χ1n) is 12.8. The Morgan fingerprint density at radius 1 is 1.13 bits per heavy atom. The van der Waals surface area contributed by atoms with E-state index in [9.17, 15) is 36.1 Å². The van der Waals surface area contributed by atoms with E-state index in [1.54, 1.807) is 4.90 Å². The molecule has 4 saturated carbocycles. The van der Waals surface area contributed by atoms with E-state index in [1.165, 1.54) is 11.8 Å². The summed E-state index contributed by atoms with van der Waals surface area (Å²) in [6.07, 6.45) is 4.96. The van der Waals surface area contributed by atoms with Crippen LogP contribution in [0.2, 0.25) is 0 Å². The minimum atomic E-state index is -6.09. The van der Waals surface area contributed by atoms with Crippen molar-refractivity contribution in [1.29, 1.82) is 0 Å². The number of thioether (sulfide) groups is 1. The van der Waals surface area contributed by atoms with Gasteiger partial charge in [0.05, 0.1) is 28.5 Å². The normalized spacial score (nSPS) is 42.5. The zero-order valence-electron chi connectivity index (χ0n) is 21.1. The largest absolute Gasteiger partial charge is 0.746 e. The maximum atomic E-state index is 13.7. The Balaban J connectivity index is 0.00000294. The van der Waals surface area contributed by atoms with E-state index < -0.39 is 67.8 Å². The molecule has 0 aromatic heterocycles. The maximum Gasteiger partial charge on any atom is 0.312 e. The smallest absolute Gasteiger partial charge is 0.312 e. The Morgan fingerprint density at radius 2 is 1.68 bits per heavy atom. The van der Waals surface area contributed by atoms with Gasteiger partial charge in [-0.2, -0.15) is 0 Å². The number of halogens is 2. The number of hydrogen-bond acceptors (Lipinski definition) is 9. The van der Waals surface area contributed by atoms with Crippen molar-refractivity contribution >= 4 is 39.7 Å². The summed E-state index contributed by atoms with van der Waals surface area (Å²) >= 11 is 1.32. The average Bonchev–Trinajstić information content (AvgIpc) is 3.38. The first-order chi connectivity index (χ1) is 17.2. The fraction of sp³-hybridized carbons (Fsp3) is 0.833. The summed E-state index contributed by atoms with van der Waals surface area (Å²) in [5.74, 6) is -2.43. The van der Waals surface area contributed by atoms with Gasteiger partial charge < -0.3 is 18.9 Å². The number of amides is 1. The minimum Gasteiger partial charge on any atom is -0.746 e. The molecule has 6 atom stereocenters. The fourth-order valence-electron chi connectivity index (χ4n) is 8.53. The zero-order chi connectivity index (χ0) is 26.7. The SMILES string of the molecule is CC(C)N1C(=O)C2C3SC(C(OC(=O)C45CC6CC(CC(C6)C4)C5)C31)C2C(=O)O[CH-]C(F)(F)S(=O)(=O)[O-].[Rf]. The van der Waals surface area contributed by atoms with Gasteiger partial charge in [0.2, 0.25) is 5.91 Å². The van der Waals surface area contributed by atoms with Crippen LogP contribution in [0.5, 0.6) is 0 Å². The molecule has 0 N–H and O–H groups in total. The van der Waals surface area contributed by atoms with Gasteiger partial charge in [0.25, 0.3) is 11.2 Å². The van der Waals surface area contributed by atoms with Crippen LogP contribution in [0.15, 0.2) is 0 Å². The number of nitrogens with zero attached hydrogens (tertiary/aromatic N) is 1. The predicted molar refractivity (Wildman–Crippen MR) is 123 cm³/mol. The van der Waals surface area contributed by atoms with E-state index in [-0.39, 0.29) is 17.9 Å². The molecule has 6 unspecified atom stereocenters. The molecule has 3 heterocycles.